The van der Waals surface area contributed by atoms with E-state index in [0.29, 0.717) is 5.22 Å². The van der Waals surface area contributed by atoms with Crippen LogP contribution < -0.4 is 0 Å². The van der Waals surface area contributed by atoms with Crippen molar-refractivity contribution in [2.24, 2.45) is 0 Å². The minimum atomic E-state index is 0.301. The molecular weight excluding hydrogens is 212 g/mol. The Balaban J connectivity index is 0.000000124. The molecule has 0 bridgehead atoms. The molecule has 3 aromatic rings. The van der Waals surface area contributed by atoms with Crippen LogP contribution in [0.15, 0.2) is 57.0 Å². The maximum absolute atomic E-state index is 5.12. The van der Waals surface area contributed by atoms with Gasteiger partial charge in [0.1, 0.15) is 5.58 Å². The van der Waals surface area contributed by atoms with Gasteiger partial charge >= 0.3 is 0 Å². The molecule has 4 nitrogen and oxygen atoms in total. The number of fused-ring (bicyclic) bond motifs is 1. The van der Waals surface area contributed by atoms with Gasteiger partial charge in [-0.25, -0.2) is 0 Å². The Morgan fingerprint density at radius 2 is 1.93 bits per heavy atom. The highest BCUT2D eigenvalue weighted by Crippen LogP contribution is 2.12. The van der Waals surface area contributed by atoms with E-state index in [-0.39, 0.29) is 0 Å². The van der Waals surface area contributed by atoms with Crippen LogP contribution in [0.25, 0.3) is 11.0 Å². The van der Waals surface area contributed by atoms with Crippen molar-refractivity contribution in [3.8, 4) is 0 Å². The lowest BCUT2D eigenvalue weighted by Crippen LogP contribution is -1.60. The highest BCUT2D eigenvalue weighted by molar-refractivity contribution is 7.80. The summed E-state index contributed by atoms with van der Waals surface area (Å²) in [7, 11) is 0. The lowest BCUT2D eigenvalue weighted by Gasteiger charge is -1.81. The second-order valence-electron chi connectivity index (χ2n) is 2.68. The van der Waals surface area contributed by atoms with Crippen molar-refractivity contribution >= 4 is 23.6 Å². The molecule has 0 atom stereocenters. The lowest BCUT2D eigenvalue weighted by molar-refractivity contribution is 0.455. The van der Waals surface area contributed by atoms with Gasteiger partial charge in [-0.05, 0) is 12.1 Å². The zero-order chi connectivity index (χ0) is 10.5. The smallest absolute Gasteiger partial charge is 0.273 e. The van der Waals surface area contributed by atoms with Crippen LogP contribution in [0, 0.1) is 0 Å². The quantitative estimate of drug-likeness (QED) is 0.592. The number of nitrogens with zero attached hydrogens (tertiary/aromatic N) is 2. The zero-order valence-corrected chi connectivity index (χ0v) is 8.59. The van der Waals surface area contributed by atoms with Gasteiger partial charge in [0.25, 0.3) is 5.22 Å². The van der Waals surface area contributed by atoms with Gasteiger partial charge in [0.2, 0.25) is 6.39 Å². The van der Waals surface area contributed by atoms with Gasteiger partial charge in [0.15, 0.2) is 0 Å². The van der Waals surface area contributed by atoms with E-state index in [2.05, 4.69) is 27.2 Å². The van der Waals surface area contributed by atoms with Gasteiger partial charge in [0.05, 0.1) is 6.26 Å². The zero-order valence-electron chi connectivity index (χ0n) is 7.70. The third-order valence-corrected chi connectivity index (χ3v) is 1.91. The van der Waals surface area contributed by atoms with Gasteiger partial charge in [-0.15, -0.1) is 10.2 Å². The van der Waals surface area contributed by atoms with Crippen LogP contribution >= 0.6 is 12.6 Å². The van der Waals surface area contributed by atoms with Crippen molar-refractivity contribution in [1.29, 1.82) is 0 Å². The molecule has 0 N–H and O–H groups in total. The highest BCUT2D eigenvalue weighted by Gasteiger charge is 1.89. The number of hydrogen-bond acceptors (Lipinski definition) is 5. The molecule has 0 fully saturated rings. The van der Waals surface area contributed by atoms with Crippen molar-refractivity contribution in [3.05, 3.63) is 43.0 Å². The summed E-state index contributed by atoms with van der Waals surface area (Å²) in [6.45, 7) is 0. The van der Waals surface area contributed by atoms with Crippen LogP contribution in [0.3, 0.4) is 0 Å². The number of thiol groups is 1. The normalized spacial score (nSPS) is 9.67. The molecule has 0 amide bonds. The Hall–Kier alpha value is -1.75. The van der Waals surface area contributed by atoms with E-state index in [9.17, 15) is 0 Å². The summed E-state index contributed by atoms with van der Waals surface area (Å²) in [4.78, 5) is 0. The summed E-state index contributed by atoms with van der Waals surface area (Å²) in [5, 5.41) is 8.16. The molecule has 76 valence electrons. The van der Waals surface area contributed by atoms with Crippen molar-refractivity contribution in [3.63, 3.8) is 0 Å². The van der Waals surface area contributed by atoms with E-state index < -0.39 is 0 Å². The maximum atomic E-state index is 5.12. The Bertz CT molecular complexity index is 489. The Morgan fingerprint density at radius 1 is 1.07 bits per heavy atom. The number of para-hydroxylation sites is 1. The van der Waals surface area contributed by atoms with Gasteiger partial charge < -0.3 is 8.83 Å². The summed E-state index contributed by atoms with van der Waals surface area (Å²) in [5.74, 6) is 0. The number of furan rings is 1. The van der Waals surface area contributed by atoms with Crippen LogP contribution in [-0.4, -0.2) is 10.2 Å². The standard InChI is InChI=1S/C8H6O.C2H2N2OS/c1-2-4-8-7(3-1)5-6-9-8;6-2-4-3-1-5-2/h1-6H;1H,(H,4,6). The summed E-state index contributed by atoms with van der Waals surface area (Å²) in [6, 6.07) is 9.90. The summed E-state index contributed by atoms with van der Waals surface area (Å²) in [6.07, 6.45) is 2.92. The molecule has 0 aliphatic carbocycles. The van der Waals surface area contributed by atoms with E-state index in [1.54, 1.807) is 6.26 Å². The fraction of sp³-hybridized carbons (Fsp3) is 0. The summed E-state index contributed by atoms with van der Waals surface area (Å²) < 4.78 is 9.59. The van der Waals surface area contributed by atoms with Gasteiger partial charge in [-0.3, -0.25) is 0 Å². The van der Waals surface area contributed by atoms with Gasteiger partial charge in [-0.2, -0.15) is 0 Å². The minimum absolute atomic E-state index is 0.301. The van der Waals surface area contributed by atoms with E-state index >= 15 is 0 Å². The first kappa shape index (κ1) is 9.79. The van der Waals surface area contributed by atoms with Crippen molar-refractivity contribution in [2.45, 2.75) is 5.22 Å². The number of hydrogen-bond donors (Lipinski definition) is 1. The number of aromatic nitrogens is 2. The second kappa shape index (κ2) is 4.65. The van der Waals surface area contributed by atoms with Crippen LogP contribution in [0.4, 0.5) is 0 Å². The third kappa shape index (κ3) is 2.60. The van der Waals surface area contributed by atoms with Crippen molar-refractivity contribution in [1.82, 2.24) is 10.2 Å². The minimum Gasteiger partial charge on any atom is -0.464 e. The maximum Gasteiger partial charge on any atom is 0.273 e. The number of benzene rings is 1. The molecule has 15 heavy (non-hydrogen) atoms. The van der Waals surface area contributed by atoms with Crippen LogP contribution in [-0.2, 0) is 0 Å². The van der Waals surface area contributed by atoms with Crippen LogP contribution in [0.5, 0.6) is 0 Å². The predicted octanol–water partition coefficient (Wildman–Crippen LogP) is 2.79. The lowest BCUT2D eigenvalue weighted by atomic mass is 10.3. The molecular formula is C10H8N2O2S. The first-order valence-electron chi connectivity index (χ1n) is 4.23. The van der Waals surface area contributed by atoms with E-state index in [0.717, 1.165) is 11.0 Å². The predicted molar refractivity (Wildman–Crippen MR) is 57.8 cm³/mol. The Morgan fingerprint density at radius 3 is 2.53 bits per heavy atom. The third-order valence-electron chi connectivity index (χ3n) is 1.71. The summed E-state index contributed by atoms with van der Waals surface area (Å²) >= 11 is 3.70. The average Bonchev–Trinajstić information content (AvgIpc) is 2.88. The Labute approximate surface area is 91.3 Å². The van der Waals surface area contributed by atoms with Crippen LogP contribution in [0.2, 0.25) is 0 Å². The highest BCUT2D eigenvalue weighted by atomic mass is 32.1. The SMILES string of the molecule is Sc1nnco1.c1ccc2occc2c1. The number of rotatable bonds is 0. The molecule has 0 unspecified atom stereocenters. The molecule has 0 saturated carbocycles. The first-order valence-corrected chi connectivity index (χ1v) is 4.68. The van der Waals surface area contributed by atoms with Crippen LogP contribution in [0.1, 0.15) is 0 Å². The van der Waals surface area contributed by atoms with Gasteiger partial charge in [0, 0.05) is 5.39 Å². The molecule has 0 aliphatic rings. The van der Waals surface area contributed by atoms with E-state index in [1.807, 2.05) is 30.3 Å². The first-order chi connectivity index (χ1) is 7.36. The average molecular weight is 220 g/mol. The second-order valence-corrected chi connectivity index (χ2v) is 3.06. The molecule has 0 saturated heterocycles. The molecule has 2 aromatic heterocycles. The Kier molecular flexibility index (Phi) is 3.04. The topological polar surface area (TPSA) is 52.1 Å². The monoisotopic (exact) mass is 220 g/mol. The molecule has 2 heterocycles. The molecule has 1 aromatic carbocycles. The fourth-order valence-corrected chi connectivity index (χ4v) is 1.17. The van der Waals surface area contributed by atoms with E-state index in [4.69, 9.17) is 4.42 Å². The van der Waals surface area contributed by atoms with Crippen molar-refractivity contribution < 1.29 is 8.83 Å². The molecule has 5 heteroatoms. The molecule has 3 rings (SSSR count). The summed E-state index contributed by atoms with van der Waals surface area (Å²) in [5.41, 5.74) is 0.956. The fourth-order valence-electron chi connectivity index (χ4n) is 1.07. The molecule has 0 radical (unpaired) electrons. The largest absolute Gasteiger partial charge is 0.464 e. The van der Waals surface area contributed by atoms with E-state index in [1.165, 1.54) is 6.39 Å². The molecule has 0 spiro atoms. The molecule has 0 aliphatic heterocycles. The van der Waals surface area contributed by atoms with Gasteiger partial charge in [-0.1, -0.05) is 30.8 Å². The van der Waals surface area contributed by atoms with Crippen molar-refractivity contribution in [2.75, 3.05) is 0 Å².